The van der Waals surface area contributed by atoms with Gasteiger partial charge in [0.15, 0.2) is 0 Å². The number of piperazine rings is 1. The summed E-state index contributed by atoms with van der Waals surface area (Å²) in [5.74, 6) is 0.0315. The molecule has 1 N–H and O–H groups in total. The minimum atomic E-state index is -0.409. The van der Waals surface area contributed by atoms with E-state index in [9.17, 15) is 9.59 Å². The summed E-state index contributed by atoms with van der Waals surface area (Å²) in [5, 5.41) is 2.84. The molecule has 2 amide bonds. The number of carbonyl (C=O) groups excluding carboxylic acids is 2. The largest absolute Gasteiger partial charge is 0.343 e. The number of hydrogen-bond acceptors (Lipinski definition) is 3. The van der Waals surface area contributed by atoms with Gasteiger partial charge in [0.2, 0.25) is 11.8 Å². The van der Waals surface area contributed by atoms with Gasteiger partial charge in [-0.3, -0.25) is 14.6 Å². The number of nitrogens with zero attached hydrogens (tertiary/aromatic N) is 2. The summed E-state index contributed by atoms with van der Waals surface area (Å²) in [6, 6.07) is 1.09. The van der Waals surface area contributed by atoms with E-state index in [1.165, 1.54) is 0 Å². The van der Waals surface area contributed by atoms with Crippen molar-refractivity contribution < 1.29 is 9.59 Å². The van der Waals surface area contributed by atoms with Crippen molar-refractivity contribution in [1.82, 2.24) is 15.2 Å². The highest BCUT2D eigenvalue weighted by Crippen LogP contribution is 2.22. The average molecular weight is 289 g/mol. The lowest BCUT2D eigenvalue weighted by molar-refractivity contribution is -0.152. The van der Waals surface area contributed by atoms with Gasteiger partial charge in [0.05, 0.1) is 0 Å². The zero-order valence-corrected chi connectivity index (χ0v) is 13.1. The first-order valence-electron chi connectivity index (χ1n) is 7.46. The van der Waals surface area contributed by atoms with Gasteiger partial charge in [-0.1, -0.05) is 20.8 Å². The van der Waals surface area contributed by atoms with E-state index >= 15 is 0 Å². The Bertz CT molecular complexity index is 542. The normalized spacial score (nSPS) is 22.6. The smallest absolute Gasteiger partial charge is 0.246 e. The van der Waals surface area contributed by atoms with E-state index in [1.807, 2.05) is 33.8 Å². The van der Waals surface area contributed by atoms with Crippen LogP contribution in [0, 0.1) is 12.8 Å². The van der Waals surface area contributed by atoms with E-state index in [-0.39, 0.29) is 17.7 Å². The first kappa shape index (κ1) is 15.5. The molecule has 0 bridgehead atoms. The molecular weight excluding hydrogens is 266 g/mol. The molecule has 2 atom stereocenters. The van der Waals surface area contributed by atoms with Crippen LogP contribution in [0.15, 0.2) is 18.5 Å². The van der Waals surface area contributed by atoms with Crippen molar-refractivity contribution >= 4 is 11.8 Å². The number of pyridine rings is 1. The van der Waals surface area contributed by atoms with Crippen LogP contribution in [0.25, 0.3) is 0 Å². The number of nitrogens with one attached hydrogen (secondary N) is 1. The maximum atomic E-state index is 12.6. The summed E-state index contributed by atoms with van der Waals surface area (Å²) >= 11 is 0. The summed E-state index contributed by atoms with van der Waals surface area (Å²) in [7, 11) is 0. The maximum absolute atomic E-state index is 12.6. The fourth-order valence-corrected chi connectivity index (χ4v) is 2.78. The van der Waals surface area contributed by atoms with Gasteiger partial charge in [0.1, 0.15) is 12.1 Å². The van der Waals surface area contributed by atoms with Gasteiger partial charge in [0, 0.05) is 18.9 Å². The summed E-state index contributed by atoms with van der Waals surface area (Å²) in [5.41, 5.74) is 2.07. The molecule has 1 aliphatic heterocycles. The first-order chi connectivity index (χ1) is 9.95. The molecule has 0 saturated carbocycles. The second-order valence-corrected chi connectivity index (χ2v) is 5.93. The fraction of sp³-hybridized carbons (Fsp3) is 0.562. The molecule has 1 fully saturated rings. The van der Waals surface area contributed by atoms with Crippen LogP contribution in [0.1, 0.15) is 38.3 Å². The molecule has 0 aliphatic carbocycles. The Balaban J connectivity index is 2.32. The van der Waals surface area contributed by atoms with Crippen molar-refractivity contribution in [2.75, 3.05) is 0 Å². The van der Waals surface area contributed by atoms with E-state index in [0.29, 0.717) is 13.0 Å². The Labute approximate surface area is 125 Å². The third kappa shape index (κ3) is 3.06. The van der Waals surface area contributed by atoms with Crippen LogP contribution in [0.4, 0.5) is 0 Å². The highest BCUT2D eigenvalue weighted by atomic mass is 16.2. The topological polar surface area (TPSA) is 62.3 Å². The molecular formula is C16H23N3O2. The van der Waals surface area contributed by atoms with Crippen LogP contribution in [0.5, 0.6) is 0 Å². The molecule has 21 heavy (non-hydrogen) atoms. The highest BCUT2D eigenvalue weighted by Gasteiger charge is 2.41. The van der Waals surface area contributed by atoms with Crippen LogP contribution < -0.4 is 5.32 Å². The van der Waals surface area contributed by atoms with E-state index in [0.717, 1.165) is 11.1 Å². The molecule has 0 radical (unpaired) electrons. The molecule has 1 aromatic rings. The Morgan fingerprint density at radius 2 is 2.10 bits per heavy atom. The first-order valence-corrected chi connectivity index (χ1v) is 7.46. The van der Waals surface area contributed by atoms with E-state index in [4.69, 9.17) is 0 Å². The lowest BCUT2D eigenvalue weighted by Gasteiger charge is -2.40. The predicted octanol–water partition coefficient (Wildman–Crippen LogP) is 1.65. The van der Waals surface area contributed by atoms with Crippen LogP contribution in [0.2, 0.25) is 0 Å². The third-order valence-electron chi connectivity index (χ3n) is 4.02. The molecule has 114 valence electrons. The van der Waals surface area contributed by atoms with Crippen molar-refractivity contribution in [2.45, 2.75) is 52.7 Å². The Hall–Kier alpha value is -1.91. The lowest BCUT2D eigenvalue weighted by Crippen LogP contribution is -2.64. The summed E-state index contributed by atoms with van der Waals surface area (Å²) in [6.45, 7) is 8.28. The van der Waals surface area contributed by atoms with Crippen molar-refractivity contribution in [2.24, 2.45) is 5.92 Å². The fourth-order valence-electron chi connectivity index (χ4n) is 2.78. The number of hydrogen-bond donors (Lipinski definition) is 1. The SMILES string of the molecule is CCC1NC(=O)C(C(C)C)N(Cc2ccncc2C)C1=O. The lowest BCUT2D eigenvalue weighted by atomic mass is 9.95. The molecule has 5 heteroatoms. The van der Waals surface area contributed by atoms with E-state index < -0.39 is 12.1 Å². The van der Waals surface area contributed by atoms with E-state index in [2.05, 4.69) is 10.3 Å². The number of amides is 2. The van der Waals surface area contributed by atoms with Crippen molar-refractivity contribution in [3.8, 4) is 0 Å². The van der Waals surface area contributed by atoms with E-state index in [1.54, 1.807) is 17.3 Å². The second kappa shape index (κ2) is 6.24. The third-order valence-corrected chi connectivity index (χ3v) is 4.02. The van der Waals surface area contributed by atoms with Gasteiger partial charge >= 0.3 is 0 Å². The van der Waals surface area contributed by atoms with Crippen LogP contribution in [0.3, 0.4) is 0 Å². The molecule has 0 aromatic carbocycles. The van der Waals surface area contributed by atoms with Crippen LogP contribution in [-0.2, 0) is 16.1 Å². The number of aryl methyl sites for hydroxylation is 1. The van der Waals surface area contributed by atoms with Gasteiger partial charge in [0.25, 0.3) is 0 Å². The predicted molar refractivity (Wildman–Crippen MR) is 80.4 cm³/mol. The summed E-state index contributed by atoms with van der Waals surface area (Å²) in [6.07, 6.45) is 4.12. The quantitative estimate of drug-likeness (QED) is 0.917. The standard InChI is InChI=1S/C16H23N3O2/c1-5-13-16(21)19(14(10(2)3)15(20)18-13)9-12-6-7-17-8-11(12)4/h6-8,10,13-14H,5,9H2,1-4H3,(H,18,20). The van der Waals surface area contributed by atoms with Gasteiger partial charge in [-0.2, -0.15) is 0 Å². The monoisotopic (exact) mass is 289 g/mol. The Morgan fingerprint density at radius 3 is 2.67 bits per heavy atom. The molecule has 2 rings (SSSR count). The molecule has 1 aliphatic rings. The number of rotatable bonds is 4. The van der Waals surface area contributed by atoms with Crippen molar-refractivity contribution in [3.05, 3.63) is 29.6 Å². The summed E-state index contributed by atoms with van der Waals surface area (Å²) in [4.78, 5) is 30.7. The highest BCUT2D eigenvalue weighted by molar-refractivity contribution is 5.97. The zero-order chi connectivity index (χ0) is 15.6. The number of carbonyl (C=O) groups is 2. The Kier molecular flexibility index (Phi) is 4.60. The van der Waals surface area contributed by atoms with Crippen molar-refractivity contribution in [1.29, 1.82) is 0 Å². The minimum Gasteiger partial charge on any atom is -0.343 e. The maximum Gasteiger partial charge on any atom is 0.246 e. The molecule has 1 aromatic heterocycles. The molecule has 5 nitrogen and oxygen atoms in total. The average Bonchev–Trinajstić information content (AvgIpc) is 2.44. The molecule has 0 spiro atoms. The minimum absolute atomic E-state index is 0.00649. The summed E-state index contributed by atoms with van der Waals surface area (Å²) < 4.78 is 0. The second-order valence-electron chi connectivity index (χ2n) is 5.93. The van der Waals surface area contributed by atoms with Gasteiger partial charge in [-0.25, -0.2) is 0 Å². The van der Waals surface area contributed by atoms with Crippen LogP contribution >= 0.6 is 0 Å². The van der Waals surface area contributed by atoms with Crippen molar-refractivity contribution in [3.63, 3.8) is 0 Å². The van der Waals surface area contributed by atoms with Gasteiger partial charge in [-0.05, 0) is 36.5 Å². The van der Waals surface area contributed by atoms with Gasteiger partial charge in [-0.15, -0.1) is 0 Å². The van der Waals surface area contributed by atoms with Gasteiger partial charge < -0.3 is 10.2 Å². The van der Waals surface area contributed by atoms with Crippen LogP contribution in [-0.4, -0.2) is 33.8 Å². The Morgan fingerprint density at radius 1 is 1.38 bits per heavy atom. The molecule has 1 saturated heterocycles. The molecule has 2 heterocycles. The number of aromatic nitrogens is 1. The molecule has 2 unspecified atom stereocenters. The zero-order valence-electron chi connectivity index (χ0n) is 13.1.